The van der Waals surface area contributed by atoms with E-state index in [1.807, 2.05) is 194 Å². The molecule has 2 fully saturated rings. The highest BCUT2D eigenvalue weighted by molar-refractivity contribution is 4.51. The van der Waals surface area contributed by atoms with E-state index in [4.69, 9.17) is 0 Å². The molecular weight excluding hydrogens is 408 g/mol. The first-order valence-corrected chi connectivity index (χ1v) is 17.0. The average molecular weight is 505 g/mol. The second kappa shape index (κ2) is 939. The summed E-state index contributed by atoms with van der Waals surface area (Å²) in [6.45, 7) is 56.0. The maximum Gasteiger partial charge on any atom is -0.0533 e. The summed E-state index contributed by atoms with van der Waals surface area (Å²) in [5.74, 6) is 0. The third kappa shape index (κ3) is 7690. The van der Waals surface area contributed by atoms with Crippen molar-refractivity contribution in [1.82, 2.24) is 0 Å². The Morgan fingerprint density at radius 2 is 0.147 bits per heavy atom. The van der Waals surface area contributed by atoms with Crippen molar-refractivity contribution in [3.8, 4) is 0 Å². The zero-order valence-electron chi connectivity index (χ0n) is 32.2. The third-order valence-corrected chi connectivity index (χ3v) is 0.707. The molecular formula is C34H96. The van der Waals surface area contributed by atoms with Crippen molar-refractivity contribution in [1.29, 1.82) is 0 Å². The van der Waals surface area contributed by atoms with Crippen molar-refractivity contribution in [2.45, 2.75) is 232 Å². The Hall–Kier alpha value is 0. The van der Waals surface area contributed by atoms with Gasteiger partial charge < -0.3 is 0 Å². The van der Waals surface area contributed by atoms with Gasteiger partial charge in [-0.2, -0.15) is 0 Å². The maximum absolute atomic E-state index is 2.00. The number of hydrogen-bond acceptors (Lipinski definition) is 0. The SMILES string of the molecule is C1CC1.C1CC1.CC.CC.CC.CC.CC.CC.CC.CC.CC.CC.CC.CC.CC.CC. The molecule has 2 aliphatic rings. The van der Waals surface area contributed by atoms with E-state index in [1.54, 1.807) is 0 Å². The standard InChI is InChI=1S/2C3H6.14C2H6/c2*1-2-3-1;14*1-2/h2*1-3H2;14*1-2H3. The van der Waals surface area contributed by atoms with Gasteiger partial charge in [0.25, 0.3) is 0 Å². The number of rotatable bonds is 0. The fourth-order valence-corrected chi connectivity index (χ4v) is 0. The van der Waals surface area contributed by atoms with Crippen LogP contribution in [0.4, 0.5) is 0 Å². The van der Waals surface area contributed by atoms with Crippen LogP contribution in [0.15, 0.2) is 0 Å². The molecule has 0 heteroatoms. The van der Waals surface area contributed by atoms with E-state index in [1.165, 1.54) is 38.5 Å². The molecule has 2 rings (SSSR count). The van der Waals surface area contributed by atoms with Gasteiger partial charge in [-0.1, -0.05) is 232 Å². The van der Waals surface area contributed by atoms with Crippen LogP contribution in [0.1, 0.15) is 232 Å². The first kappa shape index (κ1) is 92.6. The molecule has 2 aliphatic carbocycles. The Kier molecular flexibility index (Phi) is 2560. The van der Waals surface area contributed by atoms with Gasteiger partial charge >= 0.3 is 0 Å². The molecule has 0 unspecified atom stereocenters. The topological polar surface area (TPSA) is 0 Å². The Labute approximate surface area is 232 Å². The van der Waals surface area contributed by atoms with Crippen LogP contribution >= 0.6 is 0 Å². The molecule has 0 amide bonds. The monoisotopic (exact) mass is 505 g/mol. The van der Waals surface area contributed by atoms with Crippen molar-refractivity contribution >= 4 is 0 Å². The summed E-state index contributed by atoms with van der Waals surface area (Å²) in [7, 11) is 0. The maximum atomic E-state index is 2.00. The van der Waals surface area contributed by atoms with E-state index < -0.39 is 0 Å². The van der Waals surface area contributed by atoms with Crippen LogP contribution in [0.5, 0.6) is 0 Å². The number of hydrogen-bond donors (Lipinski definition) is 0. The van der Waals surface area contributed by atoms with E-state index in [0.29, 0.717) is 0 Å². The van der Waals surface area contributed by atoms with E-state index in [2.05, 4.69) is 0 Å². The lowest BCUT2D eigenvalue weighted by Crippen LogP contribution is -0.856. The van der Waals surface area contributed by atoms with Crippen LogP contribution < -0.4 is 0 Å². The third-order valence-electron chi connectivity index (χ3n) is 0.707. The van der Waals surface area contributed by atoms with Crippen LogP contribution in [-0.4, -0.2) is 0 Å². The quantitative estimate of drug-likeness (QED) is 0.307. The molecule has 0 spiro atoms. The molecule has 0 aromatic rings. The fraction of sp³-hybridized carbons (Fsp3) is 1.00. The molecule has 34 heavy (non-hydrogen) atoms. The average Bonchev–Trinajstić information content (AvgIpc) is 3.94. The van der Waals surface area contributed by atoms with Gasteiger partial charge in [0.05, 0.1) is 0 Å². The highest BCUT2D eigenvalue weighted by Crippen LogP contribution is 2.15. The first-order valence-electron chi connectivity index (χ1n) is 17.0. The molecule has 0 heterocycles. The summed E-state index contributed by atoms with van der Waals surface area (Å²) in [6.07, 6.45) is 9.00. The molecule has 2 saturated carbocycles. The van der Waals surface area contributed by atoms with Crippen LogP contribution in [-0.2, 0) is 0 Å². The molecule has 0 saturated heterocycles. The zero-order chi connectivity index (χ0) is 32.2. The lowest BCUT2D eigenvalue weighted by Gasteiger charge is -1.07. The first-order chi connectivity index (χ1) is 17.0. The second-order valence-corrected chi connectivity index (χ2v) is 2.12. The Bertz CT molecular complexity index is 15.5. The lowest BCUT2D eigenvalue weighted by atomic mass is 11.0. The van der Waals surface area contributed by atoms with Gasteiger partial charge in [-0.25, -0.2) is 0 Å². The van der Waals surface area contributed by atoms with Crippen molar-refractivity contribution in [2.75, 3.05) is 0 Å². The molecule has 0 nitrogen and oxygen atoms in total. The molecule has 0 bridgehead atoms. The van der Waals surface area contributed by atoms with Crippen LogP contribution in [0, 0.1) is 0 Å². The minimum absolute atomic E-state index is 1.50. The van der Waals surface area contributed by atoms with Gasteiger partial charge in [0.1, 0.15) is 0 Å². The predicted octanol–water partition coefficient (Wildman–Crippen LogP) is 16.7. The largest absolute Gasteiger partial charge is 0.0683 e. The van der Waals surface area contributed by atoms with Crippen molar-refractivity contribution in [3.63, 3.8) is 0 Å². The van der Waals surface area contributed by atoms with Gasteiger partial charge in [-0.3, -0.25) is 0 Å². The minimum Gasteiger partial charge on any atom is -0.0683 e. The summed E-state index contributed by atoms with van der Waals surface area (Å²) >= 11 is 0. The predicted molar refractivity (Wildman–Crippen MR) is 187 cm³/mol. The molecule has 0 aliphatic heterocycles. The van der Waals surface area contributed by atoms with Crippen molar-refractivity contribution in [3.05, 3.63) is 0 Å². The normalized spacial score (nSPS) is 6.71. The smallest absolute Gasteiger partial charge is 0.0533 e. The molecule has 0 aromatic carbocycles. The van der Waals surface area contributed by atoms with Gasteiger partial charge in [0.15, 0.2) is 0 Å². The lowest BCUT2D eigenvalue weighted by molar-refractivity contribution is 1.50. The van der Waals surface area contributed by atoms with E-state index in [-0.39, 0.29) is 0 Å². The summed E-state index contributed by atoms with van der Waals surface area (Å²) in [4.78, 5) is 0. The Balaban J connectivity index is -0.0000000105. The summed E-state index contributed by atoms with van der Waals surface area (Å²) < 4.78 is 0. The van der Waals surface area contributed by atoms with E-state index in [0.717, 1.165) is 0 Å². The highest BCUT2D eigenvalue weighted by atomic mass is 14.0. The molecule has 232 valence electrons. The molecule has 0 N–H and O–H groups in total. The van der Waals surface area contributed by atoms with Crippen LogP contribution in [0.2, 0.25) is 0 Å². The van der Waals surface area contributed by atoms with E-state index >= 15 is 0 Å². The molecule has 0 aromatic heterocycles. The van der Waals surface area contributed by atoms with E-state index in [9.17, 15) is 0 Å². The minimum atomic E-state index is 1.50. The Morgan fingerprint density at radius 3 is 0.147 bits per heavy atom. The van der Waals surface area contributed by atoms with Gasteiger partial charge in [-0.05, 0) is 0 Å². The zero-order valence-corrected chi connectivity index (χ0v) is 32.2. The van der Waals surface area contributed by atoms with Crippen molar-refractivity contribution in [2.24, 2.45) is 0 Å². The van der Waals surface area contributed by atoms with Gasteiger partial charge in [0, 0.05) is 0 Å². The molecule has 0 radical (unpaired) electrons. The van der Waals surface area contributed by atoms with Gasteiger partial charge in [-0.15, -0.1) is 0 Å². The fourth-order valence-electron chi connectivity index (χ4n) is 0. The summed E-state index contributed by atoms with van der Waals surface area (Å²) in [6, 6.07) is 0. The van der Waals surface area contributed by atoms with Crippen molar-refractivity contribution < 1.29 is 0 Å². The summed E-state index contributed by atoms with van der Waals surface area (Å²) in [5, 5.41) is 0. The Morgan fingerprint density at radius 1 is 0.118 bits per heavy atom. The van der Waals surface area contributed by atoms with Crippen LogP contribution in [0.3, 0.4) is 0 Å². The second-order valence-electron chi connectivity index (χ2n) is 2.12. The molecule has 0 atom stereocenters. The van der Waals surface area contributed by atoms with Gasteiger partial charge in [0.2, 0.25) is 0 Å². The highest BCUT2D eigenvalue weighted by Gasteiger charge is 1.95. The summed E-state index contributed by atoms with van der Waals surface area (Å²) in [5.41, 5.74) is 0. The van der Waals surface area contributed by atoms with Crippen LogP contribution in [0.25, 0.3) is 0 Å².